The zero-order chi connectivity index (χ0) is 20.9. The van der Waals surface area contributed by atoms with Gasteiger partial charge in [0.1, 0.15) is 17.6 Å². The number of hydrogen-bond acceptors (Lipinski definition) is 6. The zero-order valence-electron chi connectivity index (χ0n) is 17.0. The first-order chi connectivity index (χ1) is 14.7. The fraction of sp³-hybridized carbons (Fsp3) is 0.318. The topological polar surface area (TPSA) is 85.8 Å². The van der Waals surface area contributed by atoms with Crippen LogP contribution in [-0.4, -0.2) is 54.3 Å². The molecule has 0 atom stereocenters. The molecular weight excluding hydrogens is 384 g/mol. The number of para-hydroxylation sites is 2. The number of likely N-dealkylation sites (tertiary alicyclic amines) is 1. The van der Waals surface area contributed by atoms with Crippen LogP contribution in [0.4, 0.5) is 10.5 Å². The normalized spacial score (nSPS) is 14.4. The molecule has 2 amide bonds. The fourth-order valence-electron chi connectivity index (χ4n) is 3.44. The van der Waals surface area contributed by atoms with E-state index in [0.717, 1.165) is 23.9 Å². The molecule has 0 spiro atoms. The Labute approximate surface area is 174 Å². The van der Waals surface area contributed by atoms with E-state index in [9.17, 15) is 4.79 Å². The number of carbonyl (C=O) groups is 1. The van der Waals surface area contributed by atoms with Gasteiger partial charge in [-0.25, -0.2) is 14.8 Å². The third-order valence-electron chi connectivity index (χ3n) is 5.09. The Balaban J connectivity index is 1.33. The Kier molecular flexibility index (Phi) is 5.83. The van der Waals surface area contributed by atoms with E-state index in [0.29, 0.717) is 36.2 Å². The number of aromatic nitrogens is 2. The summed E-state index contributed by atoms with van der Waals surface area (Å²) >= 11 is 0. The minimum absolute atomic E-state index is 0.0000322. The van der Waals surface area contributed by atoms with E-state index < -0.39 is 0 Å². The van der Waals surface area contributed by atoms with Crippen molar-refractivity contribution in [1.82, 2.24) is 14.9 Å². The van der Waals surface area contributed by atoms with Crippen LogP contribution in [0.2, 0.25) is 0 Å². The maximum Gasteiger partial charge on any atom is 0.321 e. The van der Waals surface area contributed by atoms with E-state index in [1.54, 1.807) is 43.5 Å². The number of carbonyl (C=O) groups excluding carboxylic acids is 1. The molecular formula is C22H24N4O4. The summed E-state index contributed by atoms with van der Waals surface area (Å²) in [5.41, 5.74) is 2.25. The quantitative estimate of drug-likeness (QED) is 0.693. The first kappa shape index (κ1) is 19.8. The van der Waals surface area contributed by atoms with E-state index >= 15 is 0 Å². The van der Waals surface area contributed by atoms with Crippen molar-refractivity contribution < 1.29 is 19.0 Å². The number of nitrogens with zero attached hydrogens (tertiary/aromatic N) is 3. The number of amides is 2. The lowest BCUT2D eigenvalue weighted by Crippen LogP contribution is -2.43. The Morgan fingerprint density at radius 3 is 2.57 bits per heavy atom. The molecule has 1 saturated heterocycles. The number of ether oxygens (including phenoxy) is 3. The third kappa shape index (κ3) is 4.37. The summed E-state index contributed by atoms with van der Waals surface area (Å²) in [6.07, 6.45) is 3.10. The first-order valence-electron chi connectivity index (χ1n) is 9.82. The molecule has 1 aromatic heterocycles. The predicted molar refractivity (Wildman–Crippen MR) is 113 cm³/mol. The number of benzene rings is 2. The minimum Gasteiger partial charge on any atom is -0.497 e. The molecule has 2 heterocycles. The summed E-state index contributed by atoms with van der Waals surface area (Å²) in [7, 11) is 3.14. The van der Waals surface area contributed by atoms with E-state index in [4.69, 9.17) is 14.2 Å². The molecule has 0 aliphatic carbocycles. The molecule has 2 aromatic carbocycles. The van der Waals surface area contributed by atoms with E-state index in [1.807, 2.05) is 24.3 Å². The van der Waals surface area contributed by atoms with Crippen LogP contribution in [0.5, 0.6) is 17.4 Å². The molecule has 156 valence electrons. The maximum absolute atomic E-state index is 12.7. The molecule has 1 N–H and O–H groups in total. The van der Waals surface area contributed by atoms with Gasteiger partial charge in [0, 0.05) is 32.0 Å². The van der Waals surface area contributed by atoms with Crippen LogP contribution in [-0.2, 0) is 0 Å². The van der Waals surface area contributed by atoms with Crippen molar-refractivity contribution in [2.24, 2.45) is 0 Å². The molecule has 1 fully saturated rings. The van der Waals surface area contributed by atoms with Crippen LogP contribution < -0.4 is 19.5 Å². The van der Waals surface area contributed by atoms with Crippen molar-refractivity contribution in [1.29, 1.82) is 0 Å². The van der Waals surface area contributed by atoms with Gasteiger partial charge in [-0.15, -0.1) is 0 Å². The van der Waals surface area contributed by atoms with Crippen molar-refractivity contribution in [3.63, 3.8) is 0 Å². The summed E-state index contributed by atoms with van der Waals surface area (Å²) in [5.74, 6) is 1.73. The summed E-state index contributed by atoms with van der Waals surface area (Å²) < 4.78 is 16.5. The van der Waals surface area contributed by atoms with Crippen molar-refractivity contribution in [2.75, 3.05) is 32.6 Å². The highest BCUT2D eigenvalue weighted by atomic mass is 16.5. The van der Waals surface area contributed by atoms with Crippen LogP contribution in [0.15, 0.2) is 48.7 Å². The van der Waals surface area contributed by atoms with Crippen molar-refractivity contribution >= 4 is 22.8 Å². The number of rotatable bonds is 5. The van der Waals surface area contributed by atoms with Gasteiger partial charge in [-0.2, -0.15) is 0 Å². The second-order valence-corrected chi connectivity index (χ2v) is 7.00. The molecule has 4 rings (SSSR count). The average Bonchev–Trinajstić information content (AvgIpc) is 2.79. The molecule has 30 heavy (non-hydrogen) atoms. The second kappa shape index (κ2) is 8.86. The first-order valence-corrected chi connectivity index (χ1v) is 9.82. The number of hydrogen-bond donors (Lipinski definition) is 1. The Bertz CT molecular complexity index is 1030. The highest BCUT2D eigenvalue weighted by Gasteiger charge is 2.25. The van der Waals surface area contributed by atoms with Gasteiger partial charge in [0.15, 0.2) is 0 Å². The number of fused-ring (bicyclic) bond motifs is 1. The lowest BCUT2D eigenvalue weighted by atomic mass is 10.1. The Hall–Kier alpha value is -3.55. The molecule has 8 nitrogen and oxygen atoms in total. The number of methoxy groups -OCH3 is 2. The van der Waals surface area contributed by atoms with Crippen LogP contribution in [0, 0.1) is 0 Å². The van der Waals surface area contributed by atoms with Gasteiger partial charge in [-0.3, -0.25) is 0 Å². The second-order valence-electron chi connectivity index (χ2n) is 7.00. The third-order valence-corrected chi connectivity index (χ3v) is 5.09. The maximum atomic E-state index is 12.7. The average molecular weight is 408 g/mol. The van der Waals surface area contributed by atoms with Gasteiger partial charge in [-0.1, -0.05) is 12.1 Å². The summed E-state index contributed by atoms with van der Waals surface area (Å²) in [5, 5.41) is 2.91. The van der Waals surface area contributed by atoms with Gasteiger partial charge in [-0.05, 0) is 24.3 Å². The monoisotopic (exact) mass is 408 g/mol. The Morgan fingerprint density at radius 2 is 1.83 bits per heavy atom. The standard InChI is InChI=1S/C22H24N4O4/c1-28-16-7-8-19(20(13-16)29-2)25-22(27)26-11-9-15(10-12-26)30-21-14-23-17-5-3-4-6-18(17)24-21/h3-8,13-15H,9-12H2,1-2H3,(H,25,27). The van der Waals surface area contributed by atoms with Crippen molar-refractivity contribution in [2.45, 2.75) is 18.9 Å². The van der Waals surface area contributed by atoms with Gasteiger partial charge in [0.25, 0.3) is 0 Å². The molecule has 3 aromatic rings. The molecule has 1 aliphatic heterocycles. The smallest absolute Gasteiger partial charge is 0.321 e. The predicted octanol–water partition coefficient (Wildman–Crippen LogP) is 3.72. The lowest BCUT2D eigenvalue weighted by molar-refractivity contribution is 0.111. The van der Waals surface area contributed by atoms with E-state index in [-0.39, 0.29) is 12.1 Å². The summed E-state index contributed by atoms with van der Waals surface area (Å²) in [4.78, 5) is 23.3. The van der Waals surface area contributed by atoms with Gasteiger partial charge >= 0.3 is 6.03 Å². The van der Waals surface area contributed by atoms with Gasteiger partial charge in [0.2, 0.25) is 5.88 Å². The van der Waals surface area contributed by atoms with E-state index in [2.05, 4.69) is 15.3 Å². The number of urea groups is 1. The minimum atomic E-state index is -0.164. The number of piperidine rings is 1. The molecule has 8 heteroatoms. The molecule has 0 radical (unpaired) electrons. The number of nitrogens with one attached hydrogen (secondary N) is 1. The highest BCUT2D eigenvalue weighted by molar-refractivity contribution is 5.91. The Morgan fingerprint density at radius 1 is 1.07 bits per heavy atom. The summed E-state index contributed by atoms with van der Waals surface area (Å²) in [6.45, 7) is 1.19. The van der Waals surface area contributed by atoms with E-state index in [1.165, 1.54) is 0 Å². The van der Waals surface area contributed by atoms with Crippen LogP contribution in [0.3, 0.4) is 0 Å². The largest absolute Gasteiger partial charge is 0.497 e. The van der Waals surface area contributed by atoms with Crippen molar-refractivity contribution in [3.05, 3.63) is 48.7 Å². The molecule has 0 bridgehead atoms. The highest BCUT2D eigenvalue weighted by Crippen LogP contribution is 2.29. The summed E-state index contributed by atoms with van der Waals surface area (Å²) in [6, 6.07) is 12.8. The molecule has 0 saturated carbocycles. The van der Waals surface area contributed by atoms with Gasteiger partial charge in [0.05, 0.1) is 37.1 Å². The lowest BCUT2D eigenvalue weighted by Gasteiger charge is -2.32. The SMILES string of the molecule is COc1ccc(NC(=O)N2CCC(Oc3cnc4ccccc4n3)CC2)c(OC)c1. The fourth-order valence-corrected chi connectivity index (χ4v) is 3.44. The molecule has 1 aliphatic rings. The van der Waals surface area contributed by atoms with Crippen molar-refractivity contribution in [3.8, 4) is 17.4 Å². The van der Waals surface area contributed by atoms with Crippen LogP contribution in [0.25, 0.3) is 11.0 Å². The van der Waals surface area contributed by atoms with Crippen LogP contribution >= 0.6 is 0 Å². The van der Waals surface area contributed by atoms with Crippen LogP contribution in [0.1, 0.15) is 12.8 Å². The zero-order valence-corrected chi connectivity index (χ0v) is 17.0. The number of anilines is 1. The molecule has 0 unspecified atom stereocenters. The van der Waals surface area contributed by atoms with Gasteiger partial charge < -0.3 is 24.4 Å².